The lowest BCUT2D eigenvalue weighted by Crippen LogP contribution is -2.53. The van der Waals surface area contributed by atoms with Crippen LogP contribution in [0.3, 0.4) is 0 Å². The Hall–Kier alpha value is -3.35. The molecule has 1 fully saturated rings. The smallest absolute Gasteiger partial charge is 0.407 e. The first-order valence-corrected chi connectivity index (χ1v) is 11.9. The molecule has 3 unspecified atom stereocenters. The zero-order valence-corrected chi connectivity index (χ0v) is 19.8. The third kappa shape index (κ3) is 4.93. The molecule has 4 rings (SSSR count). The fraction of sp³-hybridized carbons (Fsp3) is 0.444. The number of aliphatic carboxylic acids is 1. The Morgan fingerprint density at radius 2 is 1.50 bits per heavy atom. The normalized spacial score (nSPS) is 17.3. The van der Waals surface area contributed by atoms with Crippen molar-refractivity contribution in [3.05, 3.63) is 59.7 Å². The molecular weight excluding hydrogens is 432 g/mol. The molecule has 2 aliphatic rings. The molecule has 2 aliphatic carbocycles. The van der Waals surface area contributed by atoms with Crippen LogP contribution in [0.5, 0.6) is 0 Å². The summed E-state index contributed by atoms with van der Waals surface area (Å²) in [5.74, 6) is -2.19. The number of carboxylic acid groups (broad SMARTS) is 1. The van der Waals surface area contributed by atoms with E-state index >= 15 is 0 Å². The lowest BCUT2D eigenvalue weighted by Gasteiger charge is -2.27. The van der Waals surface area contributed by atoms with Gasteiger partial charge in [0.2, 0.25) is 5.91 Å². The summed E-state index contributed by atoms with van der Waals surface area (Å²) in [5, 5.41) is 15.0. The molecule has 7 heteroatoms. The Balaban J connectivity index is 1.39. The quantitative estimate of drug-likeness (QED) is 0.517. The molecule has 0 radical (unpaired) electrons. The molecule has 7 nitrogen and oxygen atoms in total. The maximum Gasteiger partial charge on any atom is 0.407 e. The van der Waals surface area contributed by atoms with Gasteiger partial charge in [-0.1, -0.05) is 62.4 Å². The molecule has 0 saturated heterocycles. The van der Waals surface area contributed by atoms with Crippen LogP contribution in [0.4, 0.5) is 4.79 Å². The van der Waals surface area contributed by atoms with Gasteiger partial charge in [0.15, 0.2) is 0 Å². The number of benzene rings is 2. The van der Waals surface area contributed by atoms with Gasteiger partial charge in [0.25, 0.3) is 0 Å². The molecule has 0 heterocycles. The van der Waals surface area contributed by atoms with E-state index in [9.17, 15) is 19.5 Å². The van der Waals surface area contributed by atoms with Crippen molar-refractivity contribution in [2.75, 3.05) is 6.61 Å². The molecule has 1 saturated carbocycles. The molecule has 2 aromatic rings. The minimum Gasteiger partial charge on any atom is -0.481 e. The van der Waals surface area contributed by atoms with E-state index in [1.54, 1.807) is 6.92 Å². The zero-order valence-electron chi connectivity index (χ0n) is 19.8. The molecule has 34 heavy (non-hydrogen) atoms. The predicted molar refractivity (Wildman–Crippen MR) is 128 cm³/mol. The highest BCUT2D eigenvalue weighted by Gasteiger charge is 2.40. The van der Waals surface area contributed by atoms with Crippen LogP contribution >= 0.6 is 0 Å². The average Bonchev–Trinajstić information content (AvgIpc) is 3.58. The Labute approximate surface area is 199 Å². The topological polar surface area (TPSA) is 105 Å². The van der Waals surface area contributed by atoms with Crippen LogP contribution in [0.15, 0.2) is 48.5 Å². The number of alkyl carbamates (subject to hydrolysis) is 1. The highest BCUT2D eigenvalue weighted by molar-refractivity contribution is 5.87. The number of carbonyl (C=O) groups is 3. The van der Waals surface area contributed by atoms with Gasteiger partial charge in [-0.3, -0.25) is 9.59 Å². The predicted octanol–water partition coefficient (Wildman–Crippen LogP) is 4.17. The molecular formula is C27H32N2O5. The van der Waals surface area contributed by atoms with E-state index < -0.39 is 30.1 Å². The van der Waals surface area contributed by atoms with Crippen LogP contribution in [0.1, 0.15) is 50.7 Å². The van der Waals surface area contributed by atoms with Gasteiger partial charge in [-0.15, -0.1) is 0 Å². The van der Waals surface area contributed by atoms with Gasteiger partial charge in [0.1, 0.15) is 12.6 Å². The number of fused-ring (bicyclic) bond motifs is 3. The number of nitrogens with one attached hydrogen (secondary N) is 2. The van der Waals surface area contributed by atoms with E-state index in [0.29, 0.717) is 0 Å². The average molecular weight is 465 g/mol. The molecule has 3 N–H and O–H groups in total. The lowest BCUT2D eigenvalue weighted by atomic mass is 9.89. The second-order valence-electron chi connectivity index (χ2n) is 9.69. The monoisotopic (exact) mass is 464 g/mol. The van der Waals surface area contributed by atoms with Crippen LogP contribution in [-0.2, 0) is 14.3 Å². The summed E-state index contributed by atoms with van der Waals surface area (Å²) in [6.07, 6.45) is 1.03. The van der Waals surface area contributed by atoms with Gasteiger partial charge in [-0.25, -0.2) is 4.79 Å². The SMILES string of the molecule is CC(C)C(C(=O)O)C(C)NC(=O)C(NC(=O)OCC1c2ccccc2-c2ccccc21)C1CC1. The minimum atomic E-state index is -0.949. The number of amides is 2. The fourth-order valence-electron chi connectivity index (χ4n) is 5.07. The van der Waals surface area contributed by atoms with Gasteiger partial charge in [-0.2, -0.15) is 0 Å². The van der Waals surface area contributed by atoms with E-state index in [1.807, 2.05) is 38.1 Å². The van der Waals surface area contributed by atoms with Crippen molar-refractivity contribution in [2.45, 2.75) is 51.6 Å². The van der Waals surface area contributed by atoms with Crippen molar-refractivity contribution in [2.24, 2.45) is 17.8 Å². The fourth-order valence-corrected chi connectivity index (χ4v) is 5.07. The Morgan fingerprint density at radius 1 is 0.941 bits per heavy atom. The second-order valence-corrected chi connectivity index (χ2v) is 9.69. The summed E-state index contributed by atoms with van der Waals surface area (Å²) < 4.78 is 5.60. The lowest BCUT2D eigenvalue weighted by molar-refractivity contribution is -0.144. The molecule has 2 aromatic carbocycles. The molecule has 180 valence electrons. The summed E-state index contributed by atoms with van der Waals surface area (Å²) in [4.78, 5) is 37.2. The summed E-state index contributed by atoms with van der Waals surface area (Å²) in [6.45, 7) is 5.49. The maximum atomic E-state index is 12.9. The second kappa shape index (κ2) is 9.87. The first kappa shape index (κ1) is 23.8. The summed E-state index contributed by atoms with van der Waals surface area (Å²) in [6, 6.07) is 14.9. The molecule has 0 aliphatic heterocycles. The molecule has 3 atom stereocenters. The van der Waals surface area contributed by atoms with E-state index in [0.717, 1.165) is 35.1 Å². The van der Waals surface area contributed by atoms with Crippen LogP contribution < -0.4 is 10.6 Å². The Bertz CT molecular complexity index is 1030. The molecule has 0 aromatic heterocycles. The standard InChI is InChI=1S/C27H32N2O5/c1-15(2)23(26(31)32)16(3)28-25(30)24(17-12-13-17)29-27(33)34-14-22-20-10-6-4-8-18(20)19-9-5-7-11-21(19)22/h4-11,15-17,22-24H,12-14H2,1-3H3,(H,28,30)(H,29,33)(H,31,32). The van der Waals surface area contributed by atoms with Crippen molar-refractivity contribution in [1.29, 1.82) is 0 Å². The van der Waals surface area contributed by atoms with Gasteiger partial charge in [0.05, 0.1) is 5.92 Å². The van der Waals surface area contributed by atoms with Crippen molar-refractivity contribution >= 4 is 18.0 Å². The Kier molecular flexibility index (Phi) is 6.91. The highest BCUT2D eigenvalue weighted by Crippen LogP contribution is 2.44. The highest BCUT2D eigenvalue weighted by atomic mass is 16.5. The third-order valence-electron chi connectivity index (χ3n) is 6.90. The van der Waals surface area contributed by atoms with E-state index in [1.165, 1.54) is 0 Å². The third-order valence-corrected chi connectivity index (χ3v) is 6.90. The number of carboxylic acids is 1. The summed E-state index contributed by atoms with van der Waals surface area (Å²) in [7, 11) is 0. The van der Waals surface area contributed by atoms with E-state index in [-0.39, 0.29) is 30.3 Å². The molecule has 0 bridgehead atoms. The molecule has 2 amide bonds. The number of rotatable bonds is 9. The number of ether oxygens (including phenoxy) is 1. The van der Waals surface area contributed by atoms with Gasteiger partial charge < -0.3 is 20.5 Å². The zero-order chi connectivity index (χ0) is 24.4. The van der Waals surface area contributed by atoms with Gasteiger partial charge in [-0.05, 0) is 53.9 Å². The number of carbonyl (C=O) groups excluding carboxylic acids is 2. The minimum absolute atomic E-state index is 0.0370. The first-order chi connectivity index (χ1) is 16.3. The van der Waals surface area contributed by atoms with Crippen molar-refractivity contribution < 1.29 is 24.2 Å². The van der Waals surface area contributed by atoms with Crippen LogP contribution in [0.2, 0.25) is 0 Å². The van der Waals surface area contributed by atoms with Crippen molar-refractivity contribution in [1.82, 2.24) is 10.6 Å². The van der Waals surface area contributed by atoms with E-state index in [2.05, 4.69) is 34.9 Å². The molecule has 0 spiro atoms. The van der Waals surface area contributed by atoms with Crippen LogP contribution in [0.25, 0.3) is 11.1 Å². The largest absolute Gasteiger partial charge is 0.481 e. The van der Waals surface area contributed by atoms with Crippen LogP contribution in [0, 0.1) is 17.8 Å². The summed E-state index contributed by atoms with van der Waals surface area (Å²) >= 11 is 0. The van der Waals surface area contributed by atoms with Crippen molar-refractivity contribution in [3.63, 3.8) is 0 Å². The summed E-state index contributed by atoms with van der Waals surface area (Å²) in [5.41, 5.74) is 4.54. The van der Waals surface area contributed by atoms with Gasteiger partial charge >= 0.3 is 12.1 Å². The van der Waals surface area contributed by atoms with Crippen LogP contribution in [-0.4, -0.2) is 41.8 Å². The number of hydrogen-bond donors (Lipinski definition) is 3. The first-order valence-electron chi connectivity index (χ1n) is 11.9. The van der Waals surface area contributed by atoms with Crippen molar-refractivity contribution in [3.8, 4) is 11.1 Å². The van der Waals surface area contributed by atoms with E-state index in [4.69, 9.17) is 4.74 Å². The maximum absolute atomic E-state index is 12.9. The van der Waals surface area contributed by atoms with Gasteiger partial charge in [0, 0.05) is 12.0 Å². The number of hydrogen-bond acceptors (Lipinski definition) is 4. The Morgan fingerprint density at radius 3 is 2.00 bits per heavy atom.